The van der Waals surface area contributed by atoms with Crippen LogP contribution in [0.3, 0.4) is 0 Å². The lowest BCUT2D eigenvalue weighted by Crippen LogP contribution is -2.13. The van der Waals surface area contributed by atoms with Gasteiger partial charge in [0.2, 0.25) is 0 Å². The predicted molar refractivity (Wildman–Crippen MR) is 145 cm³/mol. The number of allylic oxidation sites excluding steroid dienone is 2. The Hall–Kier alpha value is -2.08. The van der Waals surface area contributed by atoms with E-state index in [1.165, 1.54) is 93.7 Å². The minimum atomic E-state index is 0.736. The highest BCUT2D eigenvalue weighted by Gasteiger charge is 2.22. The van der Waals surface area contributed by atoms with E-state index in [1.54, 1.807) is 5.56 Å². The molecule has 2 saturated carbocycles. The van der Waals surface area contributed by atoms with Crippen molar-refractivity contribution in [1.82, 2.24) is 0 Å². The van der Waals surface area contributed by atoms with Crippen LogP contribution in [0, 0.1) is 17.8 Å². The molecule has 33 heavy (non-hydrogen) atoms. The molecule has 0 N–H and O–H groups in total. The van der Waals surface area contributed by atoms with Gasteiger partial charge in [0.05, 0.1) is 0 Å². The van der Waals surface area contributed by atoms with Gasteiger partial charge in [-0.15, -0.1) is 6.58 Å². The normalized spacial score (nSPS) is 25.8. The van der Waals surface area contributed by atoms with Crippen molar-refractivity contribution in [1.29, 1.82) is 0 Å². The standard InChI is InChI=1S/C33H44/c1-3-5-6-7-27-14-18-30(19-15-27)32-22-24-33(25-23-32)31-20-16-29(17-21-31)13-12-28-10-8-26(4-2)9-11-28/h4,12-13,16-17,20-28,30H,2-3,5-11,14-15,18-19H2,1H3. The summed E-state index contributed by atoms with van der Waals surface area (Å²) < 4.78 is 0. The Morgan fingerprint density at radius 2 is 1.33 bits per heavy atom. The first kappa shape index (κ1) is 24.1. The predicted octanol–water partition coefficient (Wildman–Crippen LogP) is 10.2. The van der Waals surface area contributed by atoms with Gasteiger partial charge >= 0.3 is 0 Å². The van der Waals surface area contributed by atoms with Crippen molar-refractivity contribution >= 4 is 6.08 Å². The Labute approximate surface area is 203 Å². The first-order valence-corrected chi connectivity index (χ1v) is 13.8. The molecule has 0 atom stereocenters. The van der Waals surface area contributed by atoms with E-state index in [-0.39, 0.29) is 0 Å². The third-order valence-electron chi connectivity index (χ3n) is 8.40. The van der Waals surface area contributed by atoms with Crippen LogP contribution < -0.4 is 0 Å². The van der Waals surface area contributed by atoms with Gasteiger partial charge in [-0.05, 0) is 97.3 Å². The number of rotatable bonds is 9. The minimum Gasteiger partial charge on any atom is -0.103 e. The molecular formula is C33H44. The number of benzene rings is 2. The Balaban J connectivity index is 1.28. The van der Waals surface area contributed by atoms with Crippen LogP contribution in [0.4, 0.5) is 0 Å². The second-order valence-corrected chi connectivity index (χ2v) is 10.7. The van der Waals surface area contributed by atoms with E-state index >= 15 is 0 Å². The van der Waals surface area contributed by atoms with Crippen molar-refractivity contribution in [2.24, 2.45) is 17.8 Å². The first-order valence-electron chi connectivity index (χ1n) is 13.8. The van der Waals surface area contributed by atoms with E-state index < -0.39 is 0 Å². The van der Waals surface area contributed by atoms with Crippen LogP contribution in [0.1, 0.15) is 101 Å². The van der Waals surface area contributed by atoms with Gasteiger partial charge in [0.15, 0.2) is 0 Å². The fourth-order valence-corrected chi connectivity index (χ4v) is 6.02. The summed E-state index contributed by atoms with van der Waals surface area (Å²) in [6.07, 6.45) is 23.4. The summed E-state index contributed by atoms with van der Waals surface area (Å²) in [6.45, 7) is 6.27. The molecule has 2 fully saturated rings. The van der Waals surface area contributed by atoms with Crippen LogP contribution in [0.2, 0.25) is 0 Å². The zero-order valence-electron chi connectivity index (χ0n) is 20.9. The molecule has 2 aromatic rings. The molecule has 0 aliphatic heterocycles. The van der Waals surface area contributed by atoms with Crippen LogP contribution in [-0.4, -0.2) is 0 Å². The number of hydrogen-bond donors (Lipinski definition) is 0. The molecule has 0 spiro atoms. The van der Waals surface area contributed by atoms with Crippen molar-refractivity contribution in [3.63, 3.8) is 0 Å². The van der Waals surface area contributed by atoms with Crippen molar-refractivity contribution in [3.05, 3.63) is 78.4 Å². The molecular weight excluding hydrogens is 396 g/mol. The summed E-state index contributed by atoms with van der Waals surface area (Å²) in [7, 11) is 0. The van der Waals surface area contributed by atoms with E-state index in [9.17, 15) is 0 Å². The van der Waals surface area contributed by atoms with Gasteiger partial charge in [0.25, 0.3) is 0 Å². The maximum Gasteiger partial charge on any atom is -0.0162 e. The molecule has 4 rings (SSSR count). The summed E-state index contributed by atoms with van der Waals surface area (Å²) in [5.74, 6) is 3.24. The summed E-state index contributed by atoms with van der Waals surface area (Å²) in [5, 5.41) is 0. The van der Waals surface area contributed by atoms with E-state index in [1.807, 2.05) is 0 Å². The molecule has 0 nitrogen and oxygen atoms in total. The highest BCUT2D eigenvalue weighted by Crippen LogP contribution is 2.38. The molecule has 0 heteroatoms. The van der Waals surface area contributed by atoms with Crippen LogP contribution in [0.5, 0.6) is 0 Å². The average molecular weight is 441 g/mol. The molecule has 176 valence electrons. The molecule has 0 radical (unpaired) electrons. The summed E-state index contributed by atoms with van der Waals surface area (Å²) >= 11 is 0. The minimum absolute atomic E-state index is 0.736. The third-order valence-corrected chi connectivity index (χ3v) is 8.40. The third kappa shape index (κ3) is 6.95. The Morgan fingerprint density at radius 3 is 1.94 bits per heavy atom. The molecule has 0 unspecified atom stereocenters. The van der Waals surface area contributed by atoms with Gasteiger partial charge in [-0.3, -0.25) is 0 Å². The molecule has 0 bridgehead atoms. The lowest BCUT2D eigenvalue weighted by molar-refractivity contribution is 0.303. The van der Waals surface area contributed by atoms with Crippen LogP contribution in [-0.2, 0) is 0 Å². The van der Waals surface area contributed by atoms with Crippen molar-refractivity contribution < 1.29 is 0 Å². The first-order chi connectivity index (χ1) is 16.2. The summed E-state index contributed by atoms with van der Waals surface area (Å²) in [6, 6.07) is 18.6. The van der Waals surface area contributed by atoms with Gasteiger partial charge in [-0.1, -0.05) is 99.4 Å². The highest BCUT2D eigenvalue weighted by molar-refractivity contribution is 5.66. The second-order valence-electron chi connectivity index (χ2n) is 10.7. The largest absolute Gasteiger partial charge is 0.103 e. The average Bonchev–Trinajstić information content (AvgIpc) is 2.89. The van der Waals surface area contributed by atoms with Gasteiger partial charge < -0.3 is 0 Å². The van der Waals surface area contributed by atoms with Crippen LogP contribution >= 0.6 is 0 Å². The van der Waals surface area contributed by atoms with E-state index in [2.05, 4.69) is 80.3 Å². The van der Waals surface area contributed by atoms with Crippen molar-refractivity contribution in [2.45, 2.75) is 89.9 Å². The van der Waals surface area contributed by atoms with Gasteiger partial charge in [0.1, 0.15) is 0 Å². The maximum absolute atomic E-state index is 3.96. The van der Waals surface area contributed by atoms with Crippen LogP contribution in [0.15, 0.2) is 67.3 Å². The summed E-state index contributed by atoms with van der Waals surface area (Å²) in [5.41, 5.74) is 5.53. The van der Waals surface area contributed by atoms with E-state index in [4.69, 9.17) is 0 Å². The molecule has 0 heterocycles. The fourth-order valence-electron chi connectivity index (χ4n) is 6.02. The Kier molecular flexibility index (Phi) is 9.04. The van der Waals surface area contributed by atoms with Crippen molar-refractivity contribution in [2.75, 3.05) is 0 Å². The van der Waals surface area contributed by atoms with Gasteiger partial charge in [-0.2, -0.15) is 0 Å². The monoisotopic (exact) mass is 440 g/mol. The lowest BCUT2D eigenvalue weighted by atomic mass is 9.77. The maximum atomic E-state index is 3.96. The van der Waals surface area contributed by atoms with E-state index in [0.717, 1.165) is 23.7 Å². The Morgan fingerprint density at radius 1 is 0.727 bits per heavy atom. The molecule has 0 saturated heterocycles. The van der Waals surface area contributed by atoms with Crippen LogP contribution in [0.25, 0.3) is 17.2 Å². The lowest BCUT2D eigenvalue weighted by Gasteiger charge is -2.29. The molecule has 2 aliphatic rings. The Bertz CT molecular complexity index is 853. The fraction of sp³-hybridized carbons (Fsp3) is 0.515. The van der Waals surface area contributed by atoms with Gasteiger partial charge in [-0.25, -0.2) is 0 Å². The number of unbranched alkanes of at least 4 members (excludes halogenated alkanes) is 2. The molecule has 2 aliphatic carbocycles. The zero-order valence-corrected chi connectivity index (χ0v) is 20.9. The van der Waals surface area contributed by atoms with Crippen molar-refractivity contribution in [3.8, 4) is 11.1 Å². The number of hydrogen-bond acceptors (Lipinski definition) is 0. The smallest absolute Gasteiger partial charge is 0.0162 e. The van der Waals surface area contributed by atoms with E-state index in [0.29, 0.717) is 0 Å². The topological polar surface area (TPSA) is 0 Å². The highest BCUT2D eigenvalue weighted by atomic mass is 14.3. The summed E-state index contributed by atoms with van der Waals surface area (Å²) in [4.78, 5) is 0. The SMILES string of the molecule is C=CC1CCC(C=Cc2ccc(-c3ccc(C4CCC(CCCCC)CC4)cc3)cc2)CC1. The second kappa shape index (κ2) is 12.4. The van der Waals surface area contributed by atoms with Gasteiger partial charge in [0, 0.05) is 0 Å². The molecule has 0 aromatic heterocycles. The molecule has 2 aromatic carbocycles. The quantitative estimate of drug-likeness (QED) is 0.269. The zero-order chi connectivity index (χ0) is 22.9. The molecule has 0 amide bonds.